The van der Waals surface area contributed by atoms with Crippen LogP contribution < -0.4 is 0 Å². The van der Waals surface area contributed by atoms with Crippen LogP contribution in [-0.2, 0) is 6.54 Å². The first-order valence-electron chi connectivity index (χ1n) is 9.84. The van der Waals surface area contributed by atoms with Gasteiger partial charge in [0.2, 0.25) is 0 Å². The third-order valence-corrected chi connectivity index (χ3v) is 4.51. The largest absolute Gasteiger partial charge is 0.337 e. The van der Waals surface area contributed by atoms with E-state index < -0.39 is 0 Å². The third kappa shape index (κ3) is 5.77. The molecule has 1 aromatic rings. The van der Waals surface area contributed by atoms with E-state index in [2.05, 4.69) is 16.8 Å². The summed E-state index contributed by atoms with van der Waals surface area (Å²) in [6, 6.07) is 2.88. The smallest absolute Gasteiger partial charge is 0.272 e. The standard InChI is InChI=1S/C16H22FN3O.2C2H6/c1-2-12-9-19(10-12)11-15-13(17)5-6-14(18-15)16(21)20-7-3-4-8-20;2*1-2/h5-6,12H,2-4,7-11H2,1H3;2*1-2H3. The summed E-state index contributed by atoms with van der Waals surface area (Å²) in [5, 5.41) is 0. The molecular weight excluding hydrogens is 317 g/mol. The Morgan fingerprint density at radius 1 is 1.16 bits per heavy atom. The predicted octanol–water partition coefficient (Wildman–Crippen LogP) is 4.35. The molecule has 0 spiro atoms. The van der Waals surface area contributed by atoms with Crippen LogP contribution in [0.2, 0.25) is 0 Å². The van der Waals surface area contributed by atoms with Crippen molar-refractivity contribution in [1.82, 2.24) is 14.8 Å². The molecule has 2 aliphatic heterocycles. The van der Waals surface area contributed by atoms with Gasteiger partial charge in [-0.05, 0) is 30.9 Å². The zero-order valence-electron chi connectivity index (χ0n) is 16.5. The highest BCUT2D eigenvalue weighted by atomic mass is 19.1. The van der Waals surface area contributed by atoms with Crippen molar-refractivity contribution in [2.45, 2.75) is 60.4 Å². The number of hydrogen-bond acceptors (Lipinski definition) is 3. The summed E-state index contributed by atoms with van der Waals surface area (Å²) in [5.74, 6) is 0.346. The van der Waals surface area contributed by atoms with Gasteiger partial charge in [0.1, 0.15) is 11.5 Å². The Hall–Kier alpha value is -1.49. The fourth-order valence-electron chi connectivity index (χ4n) is 3.07. The molecule has 0 saturated carbocycles. The van der Waals surface area contributed by atoms with E-state index in [1.165, 1.54) is 18.6 Å². The maximum Gasteiger partial charge on any atom is 0.272 e. The van der Waals surface area contributed by atoms with E-state index in [1.807, 2.05) is 27.7 Å². The minimum Gasteiger partial charge on any atom is -0.337 e. The lowest BCUT2D eigenvalue weighted by Crippen LogP contribution is -2.45. The zero-order chi connectivity index (χ0) is 18.8. The normalized spacial score (nSPS) is 17.1. The summed E-state index contributed by atoms with van der Waals surface area (Å²) >= 11 is 0. The number of amides is 1. The van der Waals surface area contributed by atoms with Gasteiger partial charge in [0.15, 0.2) is 0 Å². The van der Waals surface area contributed by atoms with Gasteiger partial charge in [-0.1, -0.05) is 41.0 Å². The van der Waals surface area contributed by atoms with Crippen LogP contribution in [0.25, 0.3) is 0 Å². The second-order valence-electron chi connectivity index (χ2n) is 6.09. The monoisotopic (exact) mass is 351 g/mol. The Labute approximate surface area is 152 Å². The summed E-state index contributed by atoms with van der Waals surface area (Å²) in [4.78, 5) is 20.6. The quantitative estimate of drug-likeness (QED) is 0.809. The molecular formula is C20H34FN3O. The van der Waals surface area contributed by atoms with Crippen molar-refractivity contribution in [2.24, 2.45) is 5.92 Å². The van der Waals surface area contributed by atoms with E-state index in [4.69, 9.17) is 0 Å². The summed E-state index contributed by atoms with van der Waals surface area (Å²) in [5.41, 5.74) is 0.774. The molecule has 5 heteroatoms. The molecule has 25 heavy (non-hydrogen) atoms. The first kappa shape index (κ1) is 21.6. The Morgan fingerprint density at radius 2 is 1.76 bits per heavy atom. The molecule has 2 aliphatic rings. The molecule has 0 radical (unpaired) electrons. The summed E-state index contributed by atoms with van der Waals surface area (Å²) in [6.45, 7) is 14.3. The van der Waals surface area contributed by atoms with Crippen LogP contribution in [0.5, 0.6) is 0 Å². The first-order chi connectivity index (χ1) is 12.2. The van der Waals surface area contributed by atoms with E-state index in [0.717, 1.165) is 44.9 Å². The van der Waals surface area contributed by atoms with E-state index in [-0.39, 0.29) is 11.7 Å². The van der Waals surface area contributed by atoms with Crippen LogP contribution >= 0.6 is 0 Å². The van der Waals surface area contributed by atoms with Crippen LogP contribution in [0, 0.1) is 11.7 Å². The molecule has 0 atom stereocenters. The molecule has 1 aromatic heterocycles. The summed E-state index contributed by atoms with van der Waals surface area (Å²) < 4.78 is 13.9. The lowest BCUT2D eigenvalue weighted by atomic mass is 9.97. The maximum absolute atomic E-state index is 13.9. The molecule has 0 N–H and O–H groups in total. The molecule has 3 heterocycles. The molecule has 3 rings (SSSR count). The van der Waals surface area contributed by atoms with Gasteiger partial charge in [0.25, 0.3) is 5.91 Å². The molecule has 0 bridgehead atoms. The minimum absolute atomic E-state index is 0.0659. The number of likely N-dealkylation sites (tertiary alicyclic amines) is 2. The Bertz CT molecular complexity index is 524. The summed E-state index contributed by atoms with van der Waals surface area (Å²) in [6.07, 6.45) is 3.26. The van der Waals surface area contributed by atoms with Gasteiger partial charge in [-0.3, -0.25) is 9.69 Å². The maximum atomic E-state index is 13.9. The van der Waals surface area contributed by atoms with Crippen molar-refractivity contribution >= 4 is 5.91 Å². The van der Waals surface area contributed by atoms with Crippen LogP contribution in [0.4, 0.5) is 4.39 Å². The minimum atomic E-state index is -0.312. The average molecular weight is 352 g/mol. The topological polar surface area (TPSA) is 36.4 Å². The van der Waals surface area contributed by atoms with Gasteiger partial charge in [0, 0.05) is 32.7 Å². The van der Waals surface area contributed by atoms with Crippen LogP contribution in [0.1, 0.15) is 70.1 Å². The van der Waals surface area contributed by atoms with Gasteiger partial charge in [-0.25, -0.2) is 9.37 Å². The molecule has 0 aliphatic carbocycles. The Balaban J connectivity index is 0.000000730. The SMILES string of the molecule is CC.CC.CCC1CN(Cc2nc(C(=O)N3CCCC3)ccc2F)C1. The molecule has 142 valence electrons. The lowest BCUT2D eigenvalue weighted by Gasteiger charge is -2.38. The number of halogens is 1. The number of pyridine rings is 1. The number of carbonyl (C=O) groups is 1. The number of carbonyl (C=O) groups excluding carboxylic acids is 1. The molecule has 2 saturated heterocycles. The summed E-state index contributed by atoms with van der Waals surface area (Å²) in [7, 11) is 0. The highest BCUT2D eigenvalue weighted by molar-refractivity contribution is 5.92. The van der Waals surface area contributed by atoms with E-state index in [0.29, 0.717) is 17.9 Å². The van der Waals surface area contributed by atoms with Crippen LogP contribution in [-0.4, -0.2) is 46.9 Å². The molecule has 0 unspecified atom stereocenters. The molecule has 4 nitrogen and oxygen atoms in total. The van der Waals surface area contributed by atoms with Crippen molar-refractivity contribution < 1.29 is 9.18 Å². The van der Waals surface area contributed by atoms with Crippen LogP contribution in [0.3, 0.4) is 0 Å². The highest BCUT2D eigenvalue weighted by Gasteiger charge is 2.27. The van der Waals surface area contributed by atoms with Gasteiger partial charge in [-0.2, -0.15) is 0 Å². The Kier molecular flexibility index (Phi) is 9.65. The molecule has 1 amide bonds. The van der Waals surface area contributed by atoms with Gasteiger partial charge < -0.3 is 4.90 Å². The lowest BCUT2D eigenvalue weighted by molar-refractivity contribution is 0.0780. The fraction of sp³-hybridized carbons (Fsp3) is 0.700. The highest BCUT2D eigenvalue weighted by Crippen LogP contribution is 2.22. The first-order valence-corrected chi connectivity index (χ1v) is 9.84. The van der Waals surface area contributed by atoms with E-state index in [1.54, 1.807) is 4.90 Å². The van der Waals surface area contributed by atoms with Crippen molar-refractivity contribution in [3.8, 4) is 0 Å². The number of hydrogen-bond donors (Lipinski definition) is 0. The Morgan fingerprint density at radius 3 is 2.32 bits per heavy atom. The van der Waals surface area contributed by atoms with Crippen molar-refractivity contribution in [3.05, 3.63) is 29.3 Å². The van der Waals surface area contributed by atoms with E-state index in [9.17, 15) is 9.18 Å². The van der Waals surface area contributed by atoms with Crippen LogP contribution in [0.15, 0.2) is 12.1 Å². The van der Waals surface area contributed by atoms with Crippen molar-refractivity contribution in [2.75, 3.05) is 26.2 Å². The number of nitrogens with zero attached hydrogens (tertiary/aromatic N) is 3. The number of aromatic nitrogens is 1. The van der Waals surface area contributed by atoms with Gasteiger partial charge >= 0.3 is 0 Å². The van der Waals surface area contributed by atoms with E-state index >= 15 is 0 Å². The fourth-order valence-corrected chi connectivity index (χ4v) is 3.07. The second-order valence-corrected chi connectivity index (χ2v) is 6.09. The number of rotatable bonds is 4. The van der Waals surface area contributed by atoms with Gasteiger partial charge in [-0.15, -0.1) is 0 Å². The van der Waals surface area contributed by atoms with Crippen molar-refractivity contribution in [3.63, 3.8) is 0 Å². The van der Waals surface area contributed by atoms with Crippen molar-refractivity contribution in [1.29, 1.82) is 0 Å². The molecule has 2 fully saturated rings. The van der Waals surface area contributed by atoms with Gasteiger partial charge in [0.05, 0.1) is 5.69 Å². The predicted molar refractivity (Wildman–Crippen MR) is 101 cm³/mol. The third-order valence-electron chi connectivity index (χ3n) is 4.51. The zero-order valence-corrected chi connectivity index (χ0v) is 16.5. The second kappa shape index (κ2) is 11.2. The average Bonchev–Trinajstić information content (AvgIpc) is 3.16. The molecule has 0 aromatic carbocycles.